The molecule has 0 saturated carbocycles. The van der Waals surface area contributed by atoms with E-state index in [0.29, 0.717) is 11.4 Å². The number of carboxylic acid groups (broad SMARTS) is 1. The van der Waals surface area contributed by atoms with Crippen molar-refractivity contribution in [1.82, 2.24) is 0 Å². The molecule has 112 valence electrons. The van der Waals surface area contributed by atoms with Gasteiger partial charge in [0.15, 0.2) is 0 Å². The predicted molar refractivity (Wildman–Crippen MR) is 87.6 cm³/mol. The van der Waals surface area contributed by atoms with Crippen molar-refractivity contribution in [2.75, 3.05) is 10.7 Å². The second kappa shape index (κ2) is 6.14. The molecular formula is C16H11BrNO3S-. The van der Waals surface area contributed by atoms with Crippen LogP contribution in [0.5, 0.6) is 0 Å². The van der Waals surface area contributed by atoms with Gasteiger partial charge >= 0.3 is 0 Å². The lowest BCUT2D eigenvalue weighted by atomic mass is 10.1. The van der Waals surface area contributed by atoms with Crippen LogP contribution in [0.2, 0.25) is 0 Å². The quantitative estimate of drug-likeness (QED) is 0.825. The minimum atomic E-state index is -1.25. The highest BCUT2D eigenvalue weighted by Crippen LogP contribution is 2.43. The molecule has 1 heterocycles. The molecular weight excluding hydrogens is 366 g/mol. The van der Waals surface area contributed by atoms with Crippen LogP contribution in [0.4, 0.5) is 5.69 Å². The van der Waals surface area contributed by atoms with Crippen LogP contribution in [0.25, 0.3) is 0 Å². The fourth-order valence-electron chi connectivity index (χ4n) is 2.39. The number of amides is 1. The molecule has 1 aliphatic rings. The number of hydrogen-bond donors (Lipinski definition) is 0. The Balaban J connectivity index is 2.03. The van der Waals surface area contributed by atoms with Gasteiger partial charge in [0, 0.05) is 10.2 Å². The molecule has 1 saturated heterocycles. The van der Waals surface area contributed by atoms with Crippen LogP contribution in [0, 0.1) is 0 Å². The smallest absolute Gasteiger partial charge is 0.238 e. The van der Waals surface area contributed by atoms with Crippen LogP contribution in [-0.2, 0) is 4.79 Å². The standard InChI is InChI=1S/C16H12BrNO3S/c17-13-7-2-1-6-12(13)15-18(14(19)9-22-15)11-5-3-4-10(8-11)16(20)21/h1-8,15H,9H2,(H,20,21)/p-1. The van der Waals surface area contributed by atoms with E-state index in [1.807, 2.05) is 24.3 Å². The highest BCUT2D eigenvalue weighted by atomic mass is 79.9. The molecule has 4 nitrogen and oxygen atoms in total. The van der Waals surface area contributed by atoms with Gasteiger partial charge in [-0.15, -0.1) is 11.8 Å². The molecule has 2 aromatic rings. The van der Waals surface area contributed by atoms with Gasteiger partial charge in [-0.1, -0.05) is 46.3 Å². The summed E-state index contributed by atoms with van der Waals surface area (Å²) in [5.41, 5.74) is 1.61. The summed E-state index contributed by atoms with van der Waals surface area (Å²) < 4.78 is 0.920. The lowest BCUT2D eigenvalue weighted by Gasteiger charge is -2.25. The summed E-state index contributed by atoms with van der Waals surface area (Å²) in [5.74, 6) is -0.929. The van der Waals surface area contributed by atoms with E-state index in [9.17, 15) is 14.7 Å². The Hall–Kier alpha value is -1.79. The molecule has 0 N–H and O–H groups in total. The number of carboxylic acids is 1. The molecule has 3 rings (SSSR count). The monoisotopic (exact) mass is 376 g/mol. The van der Waals surface area contributed by atoms with Crippen molar-refractivity contribution in [3.05, 3.63) is 64.1 Å². The van der Waals surface area contributed by atoms with Crippen LogP contribution in [-0.4, -0.2) is 17.6 Å². The summed E-state index contributed by atoms with van der Waals surface area (Å²) in [6.45, 7) is 0. The second-order valence-corrected chi connectivity index (χ2v) is 6.71. The number of hydrogen-bond acceptors (Lipinski definition) is 4. The summed E-state index contributed by atoms with van der Waals surface area (Å²) in [6, 6.07) is 14.0. The first-order valence-electron chi connectivity index (χ1n) is 6.57. The maximum absolute atomic E-state index is 12.3. The molecule has 1 unspecified atom stereocenters. The minimum absolute atomic E-state index is 0.0405. The van der Waals surface area contributed by atoms with Gasteiger partial charge in [0.25, 0.3) is 0 Å². The zero-order chi connectivity index (χ0) is 15.7. The second-order valence-electron chi connectivity index (χ2n) is 4.79. The first-order chi connectivity index (χ1) is 10.6. The van der Waals surface area contributed by atoms with Crippen molar-refractivity contribution in [2.45, 2.75) is 5.37 Å². The fourth-order valence-corrected chi connectivity index (χ4v) is 4.26. The predicted octanol–water partition coefficient (Wildman–Crippen LogP) is 2.59. The van der Waals surface area contributed by atoms with Gasteiger partial charge in [0.05, 0.1) is 11.7 Å². The molecule has 0 spiro atoms. The Bertz CT molecular complexity index is 750. The number of nitrogens with zero attached hydrogens (tertiary/aromatic N) is 1. The number of carbonyl (C=O) groups excluding carboxylic acids is 2. The van der Waals surface area contributed by atoms with Crippen LogP contribution in [0.3, 0.4) is 0 Å². The van der Waals surface area contributed by atoms with E-state index in [2.05, 4.69) is 15.9 Å². The Morgan fingerprint density at radius 2 is 2.00 bits per heavy atom. The normalized spacial score (nSPS) is 17.8. The van der Waals surface area contributed by atoms with Crippen molar-refractivity contribution >= 4 is 45.3 Å². The number of aromatic carboxylic acids is 1. The first kappa shape index (κ1) is 15.1. The van der Waals surface area contributed by atoms with Crippen LogP contribution in [0.1, 0.15) is 21.3 Å². The van der Waals surface area contributed by atoms with E-state index in [1.165, 1.54) is 23.9 Å². The third-order valence-electron chi connectivity index (χ3n) is 3.40. The summed E-state index contributed by atoms with van der Waals surface area (Å²) >= 11 is 5.03. The third-order valence-corrected chi connectivity index (χ3v) is 5.32. The van der Waals surface area contributed by atoms with Crippen molar-refractivity contribution in [3.8, 4) is 0 Å². The molecule has 0 aliphatic carbocycles. The van der Waals surface area contributed by atoms with Gasteiger partial charge in [-0.2, -0.15) is 0 Å². The Morgan fingerprint density at radius 1 is 1.23 bits per heavy atom. The van der Waals surface area contributed by atoms with Crippen molar-refractivity contribution in [2.24, 2.45) is 0 Å². The van der Waals surface area contributed by atoms with E-state index in [-0.39, 0.29) is 16.8 Å². The lowest BCUT2D eigenvalue weighted by molar-refractivity contribution is -0.255. The van der Waals surface area contributed by atoms with E-state index in [1.54, 1.807) is 17.0 Å². The molecule has 22 heavy (non-hydrogen) atoms. The van der Waals surface area contributed by atoms with E-state index in [4.69, 9.17) is 0 Å². The maximum Gasteiger partial charge on any atom is 0.238 e. The lowest BCUT2D eigenvalue weighted by Crippen LogP contribution is -2.29. The molecule has 1 fully saturated rings. The maximum atomic E-state index is 12.3. The number of carbonyl (C=O) groups is 2. The fraction of sp³-hybridized carbons (Fsp3) is 0.125. The first-order valence-corrected chi connectivity index (χ1v) is 8.41. The average Bonchev–Trinajstić information content (AvgIpc) is 2.89. The van der Waals surface area contributed by atoms with Gasteiger partial charge in [-0.25, -0.2) is 0 Å². The van der Waals surface area contributed by atoms with Gasteiger partial charge in [0.2, 0.25) is 5.91 Å². The highest BCUT2D eigenvalue weighted by molar-refractivity contribution is 9.10. The van der Waals surface area contributed by atoms with Gasteiger partial charge < -0.3 is 9.90 Å². The molecule has 0 aromatic heterocycles. The van der Waals surface area contributed by atoms with Crippen molar-refractivity contribution in [1.29, 1.82) is 0 Å². The summed E-state index contributed by atoms with van der Waals surface area (Å²) in [6.07, 6.45) is 0. The molecule has 0 radical (unpaired) electrons. The van der Waals surface area contributed by atoms with Crippen LogP contribution in [0.15, 0.2) is 53.0 Å². The highest BCUT2D eigenvalue weighted by Gasteiger charge is 2.35. The molecule has 1 aliphatic heterocycles. The van der Waals surface area contributed by atoms with E-state index < -0.39 is 5.97 Å². The van der Waals surface area contributed by atoms with Crippen LogP contribution < -0.4 is 10.0 Å². The number of thioether (sulfide) groups is 1. The minimum Gasteiger partial charge on any atom is -0.545 e. The largest absolute Gasteiger partial charge is 0.545 e. The number of benzene rings is 2. The molecule has 0 bridgehead atoms. The Morgan fingerprint density at radius 3 is 2.73 bits per heavy atom. The van der Waals surface area contributed by atoms with Gasteiger partial charge in [0.1, 0.15) is 5.37 Å². The zero-order valence-electron chi connectivity index (χ0n) is 11.4. The topological polar surface area (TPSA) is 60.4 Å². The Labute approximate surface area is 140 Å². The van der Waals surface area contributed by atoms with Gasteiger partial charge in [-0.3, -0.25) is 9.69 Å². The summed E-state index contributed by atoms with van der Waals surface area (Å²) in [5, 5.41) is 10.8. The van der Waals surface area contributed by atoms with E-state index in [0.717, 1.165) is 10.0 Å². The molecule has 2 aromatic carbocycles. The average molecular weight is 377 g/mol. The molecule has 1 amide bonds. The SMILES string of the molecule is O=C([O-])c1cccc(N2C(=O)CSC2c2ccccc2Br)c1. The Kier molecular flexibility index (Phi) is 4.22. The van der Waals surface area contributed by atoms with Crippen molar-refractivity contribution < 1.29 is 14.7 Å². The van der Waals surface area contributed by atoms with E-state index >= 15 is 0 Å². The summed E-state index contributed by atoms with van der Waals surface area (Å²) in [7, 11) is 0. The molecule has 1 atom stereocenters. The number of rotatable bonds is 3. The number of anilines is 1. The third kappa shape index (κ3) is 2.76. The zero-order valence-corrected chi connectivity index (χ0v) is 13.8. The van der Waals surface area contributed by atoms with Gasteiger partial charge in [-0.05, 0) is 29.3 Å². The summed E-state index contributed by atoms with van der Waals surface area (Å²) in [4.78, 5) is 24.9. The van der Waals surface area contributed by atoms with Crippen molar-refractivity contribution in [3.63, 3.8) is 0 Å². The molecule has 6 heteroatoms. The van der Waals surface area contributed by atoms with Crippen LogP contribution >= 0.6 is 27.7 Å². The number of halogens is 1.